The fourth-order valence-electron chi connectivity index (χ4n) is 4.30. The van der Waals surface area contributed by atoms with Crippen LogP contribution in [0.2, 0.25) is 0 Å². The van der Waals surface area contributed by atoms with Crippen molar-refractivity contribution in [3.63, 3.8) is 0 Å². The number of hydrogen-bond acceptors (Lipinski definition) is 2. The number of nitrogens with one attached hydrogen (secondary N) is 2. The molecule has 2 saturated carbocycles. The zero-order valence-corrected chi connectivity index (χ0v) is 11.6. The average Bonchev–Trinajstić information content (AvgIpc) is 2.64. The first-order valence-electron chi connectivity index (χ1n) is 7.77. The smallest absolute Gasteiger partial charge is 0.241 e. The standard InChI is InChI=1S/C15H26N2O/c1-14(12-8-4-2-5-9-12)13(18)16-15(17-14)10-6-3-7-11-15/h12,17H,2-11H2,1H3,(H,16,18). The summed E-state index contributed by atoms with van der Waals surface area (Å²) >= 11 is 0. The van der Waals surface area contributed by atoms with Crippen LogP contribution < -0.4 is 10.6 Å². The van der Waals surface area contributed by atoms with Crippen molar-refractivity contribution in [1.29, 1.82) is 0 Å². The van der Waals surface area contributed by atoms with Gasteiger partial charge in [-0.15, -0.1) is 0 Å². The summed E-state index contributed by atoms with van der Waals surface area (Å²) in [6.07, 6.45) is 12.4. The Hall–Kier alpha value is -0.570. The van der Waals surface area contributed by atoms with Crippen LogP contribution in [-0.2, 0) is 4.79 Å². The first kappa shape index (κ1) is 12.5. The molecule has 1 spiro atoms. The van der Waals surface area contributed by atoms with Gasteiger partial charge in [-0.2, -0.15) is 0 Å². The molecule has 2 N–H and O–H groups in total. The quantitative estimate of drug-likeness (QED) is 0.751. The lowest BCUT2D eigenvalue weighted by atomic mass is 9.75. The molecule has 1 atom stereocenters. The van der Waals surface area contributed by atoms with Gasteiger partial charge in [0, 0.05) is 0 Å². The molecule has 0 aromatic heterocycles. The van der Waals surface area contributed by atoms with E-state index in [9.17, 15) is 4.79 Å². The number of carbonyl (C=O) groups excluding carboxylic acids is 1. The van der Waals surface area contributed by atoms with Crippen molar-refractivity contribution in [2.24, 2.45) is 5.92 Å². The van der Waals surface area contributed by atoms with Crippen LogP contribution in [0.4, 0.5) is 0 Å². The maximum atomic E-state index is 12.5. The number of amides is 1. The SMILES string of the molecule is CC1(C2CCCCC2)NC2(CCCCC2)NC1=O. The summed E-state index contributed by atoms with van der Waals surface area (Å²) in [6.45, 7) is 2.14. The van der Waals surface area contributed by atoms with Crippen molar-refractivity contribution < 1.29 is 4.79 Å². The zero-order chi connectivity index (χ0) is 12.6. The molecule has 2 aliphatic carbocycles. The molecule has 3 nitrogen and oxygen atoms in total. The van der Waals surface area contributed by atoms with Gasteiger partial charge in [0.05, 0.1) is 11.2 Å². The largest absolute Gasteiger partial charge is 0.336 e. The third kappa shape index (κ3) is 1.97. The normalized spacial score (nSPS) is 36.8. The molecule has 0 aromatic rings. The Labute approximate surface area is 110 Å². The van der Waals surface area contributed by atoms with Gasteiger partial charge >= 0.3 is 0 Å². The second-order valence-corrected chi connectivity index (χ2v) is 6.76. The third-order valence-corrected chi connectivity index (χ3v) is 5.45. The van der Waals surface area contributed by atoms with E-state index in [0.717, 1.165) is 12.8 Å². The van der Waals surface area contributed by atoms with Crippen molar-refractivity contribution in [1.82, 2.24) is 10.6 Å². The zero-order valence-electron chi connectivity index (χ0n) is 11.6. The Morgan fingerprint density at radius 2 is 1.61 bits per heavy atom. The molecule has 3 aliphatic rings. The van der Waals surface area contributed by atoms with Crippen LogP contribution in [-0.4, -0.2) is 17.1 Å². The molecule has 3 heteroatoms. The maximum Gasteiger partial charge on any atom is 0.241 e. The van der Waals surface area contributed by atoms with E-state index in [1.54, 1.807) is 0 Å². The summed E-state index contributed by atoms with van der Waals surface area (Å²) in [4.78, 5) is 12.5. The van der Waals surface area contributed by atoms with Crippen LogP contribution in [0, 0.1) is 5.92 Å². The van der Waals surface area contributed by atoms with Gasteiger partial charge in [0.2, 0.25) is 5.91 Å². The van der Waals surface area contributed by atoms with E-state index in [1.165, 1.54) is 51.4 Å². The highest BCUT2D eigenvalue weighted by Gasteiger charge is 2.54. The van der Waals surface area contributed by atoms with Gasteiger partial charge in [-0.05, 0) is 51.4 Å². The van der Waals surface area contributed by atoms with Gasteiger partial charge in [-0.25, -0.2) is 0 Å². The summed E-state index contributed by atoms with van der Waals surface area (Å²) in [5.41, 5.74) is -0.376. The molecular weight excluding hydrogens is 224 g/mol. The summed E-state index contributed by atoms with van der Waals surface area (Å²) in [6, 6.07) is 0. The Morgan fingerprint density at radius 1 is 1.00 bits per heavy atom. The molecule has 18 heavy (non-hydrogen) atoms. The molecule has 3 fully saturated rings. The molecule has 1 saturated heterocycles. The molecule has 0 radical (unpaired) electrons. The average molecular weight is 250 g/mol. The van der Waals surface area contributed by atoms with E-state index in [0.29, 0.717) is 5.92 Å². The molecule has 1 aliphatic heterocycles. The van der Waals surface area contributed by atoms with Crippen molar-refractivity contribution >= 4 is 5.91 Å². The van der Waals surface area contributed by atoms with Crippen LogP contribution in [0.1, 0.15) is 71.1 Å². The molecule has 0 aromatic carbocycles. The lowest BCUT2D eigenvalue weighted by Crippen LogP contribution is -2.56. The third-order valence-electron chi connectivity index (χ3n) is 5.45. The van der Waals surface area contributed by atoms with E-state index >= 15 is 0 Å². The summed E-state index contributed by atoms with van der Waals surface area (Å²) in [5, 5.41) is 7.05. The fraction of sp³-hybridized carbons (Fsp3) is 0.933. The Morgan fingerprint density at radius 3 is 2.28 bits per heavy atom. The molecule has 102 valence electrons. The van der Waals surface area contributed by atoms with Crippen LogP contribution in [0.3, 0.4) is 0 Å². The van der Waals surface area contributed by atoms with Gasteiger partial charge in [-0.3, -0.25) is 10.1 Å². The van der Waals surface area contributed by atoms with E-state index in [-0.39, 0.29) is 17.1 Å². The van der Waals surface area contributed by atoms with Gasteiger partial charge in [0.1, 0.15) is 0 Å². The molecule has 3 rings (SSSR count). The Kier molecular flexibility index (Phi) is 3.13. The van der Waals surface area contributed by atoms with E-state index in [1.807, 2.05) is 0 Å². The fourth-order valence-corrected chi connectivity index (χ4v) is 4.30. The predicted molar refractivity (Wildman–Crippen MR) is 72.1 cm³/mol. The maximum absolute atomic E-state index is 12.5. The van der Waals surface area contributed by atoms with Crippen LogP contribution in [0.5, 0.6) is 0 Å². The van der Waals surface area contributed by atoms with Gasteiger partial charge in [-0.1, -0.05) is 25.7 Å². The minimum atomic E-state index is -0.308. The Bertz CT molecular complexity index is 329. The van der Waals surface area contributed by atoms with Gasteiger partial charge in [0.15, 0.2) is 0 Å². The molecular formula is C15H26N2O. The highest BCUT2D eigenvalue weighted by molar-refractivity contribution is 5.89. The summed E-state index contributed by atoms with van der Waals surface area (Å²) in [7, 11) is 0. The molecule has 0 bridgehead atoms. The minimum absolute atomic E-state index is 0.0679. The van der Waals surface area contributed by atoms with Crippen molar-refractivity contribution in [3.05, 3.63) is 0 Å². The van der Waals surface area contributed by atoms with E-state index < -0.39 is 0 Å². The molecule has 1 heterocycles. The van der Waals surface area contributed by atoms with Crippen LogP contribution >= 0.6 is 0 Å². The summed E-state index contributed by atoms with van der Waals surface area (Å²) in [5.74, 6) is 0.795. The first-order valence-corrected chi connectivity index (χ1v) is 7.77. The number of carbonyl (C=O) groups is 1. The number of hydrogen-bond donors (Lipinski definition) is 2. The number of rotatable bonds is 1. The first-order chi connectivity index (χ1) is 8.65. The van der Waals surface area contributed by atoms with Crippen molar-refractivity contribution in [3.8, 4) is 0 Å². The van der Waals surface area contributed by atoms with Crippen molar-refractivity contribution in [2.45, 2.75) is 82.3 Å². The van der Waals surface area contributed by atoms with Crippen LogP contribution in [0.25, 0.3) is 0 Å². The van der Waals surface area contributed by atoms with E-state index in [2.05, 4.69) is 17.6 Å². The van der Waals surface area contributed by atoms with Crippen LogP contribution in [0.15, 0.2) is 0 Å². The Balaban J connectivity index is 1.77. The predicted octanol–water partition coefficient (Wildman–Crippen LogP) is 2.71. The molecule has 1 amide bonds. The highest BCUT2D eigenvalue weighted by atomic mass is 16.2. The topological polar surface area (TPSA) is 41.1 Å². The monoisotopic (exact) mass is 250 g/mol. The molecule has 1 unspecified atom stereocenters. The van der Waals surface area contributed by atoms with Gasteiger partial charge < -0.3 is 5.32 Å². The van der Waals surface area contributed by atoms with E-state index in [4.69, 9.17) is 0 Å². The highest BCUT2D eigenvalue weighted by Crippen LogP contribution is 2.40. The summed E-state index contributed by atoms with van der Waals surface area (Å²) < 4.78 is 0. The van der Waals surface area contributed by atoms with Gasteiger partial charge in [0.25, 0.3) is 0 Å². The second-order valence-electron chi connectivity index (χ2n) is 6.76. The lowest BCUT2D eigenvalue weighted by molar-refractivity contribution is -0.126. The van der Waals surface area contributed by atoms with Crippen molar-refractivity contribution in [2.75, 3.05) is 0 Å². The lowest BCUT2D eigenvalue weighted by Gasteiger charge is -2.39. The minimum Gasteiger partial charge on any atom is -0.336 e. The second kappa shape index (κ2) is 4.52.